The first-order valence-electron chi connectivity index (χ1n) is 6.92. The number of ether oxygens (including phenoxy) is 1. The second-order valence-corrected chi connectivity index (χ2v) is 6.28. The van der Waals surface area contributed by atoms with Gasteiger partial charge in [0, 0.05) is 18.5 Å². The van der Waals surface area contributed by atoms with Gasteiger partial charge < -0.3 is 10.1 Å². The Balaban J connectivity index is 2.13. The lowest BCUT2D eigenvalue weighted by Gasteiger charge is -2.27. The number of rotatable bonds is 6. The van der Waals surface area contributed by atoms with Crippen molar-refractivity contribution >= 4 is 11.3 Å². The minimum atomic E-state index is 0.000532. The van der Waals surface area contributed by atoms with Crippen molar-refractivity contribution in [2.45, 2.75) is 51.5 Å². The molecule has 0 aliphatic heterocycles. The summed E-state index contributed by atoms with van der Waals surface area (Å²) in [4.78, 5) is 6.41. The molecule has 1 heterocycles. The summed E-state index contributed by atoms with van der Waals surface area (Å²) in [5.74, 6) is 0. The fourth-order valence-electron chi connectivity index (χ4n) is 2.37. The van der Waals surface area contributed by atoms with Gasteiger partial charge in [-0.05, 0) is 39.0 Å². The van der Waals surface area contributed by atoms with Gasteiger partial charge in [-0.1, -0.05) is 6.92 Å². The molecule has 18 heavy (non-hydrogen) atoms. The largest absolute Gasteiger partial charge is 0.383 e. The zero-order valence-corrected chi connectivity index (χ0v) is 12.5. The Kier molecular flexibility index (Phi) is 4.76. The van der Waals surface area contributed by atoms with Gasteiger partial charge in [0.05, 0.1) is 17.8 Å². The van der Waals surface area contributed by atoms with Crippen LogP contribution in [0.2, 0.25) is 0 Å². The van der Waals surface area contributed by atoms with Crippen molar-refractivity contribution in [3.05, 3.63) is 15.6 Å². The Morgan fingerprint density at radius 3 is 2.83 bits per heavy atom. The van der Waals surface area contributed by atoms with E-state index in [9.17, 15) is 0 Å². The number of thiazole rings is 1. The van der Waals surface area contributed by atoms with Crippen molar-refractivity contribution < 1.29 is 4.74 Å². The molecular formula is C14H24N2OS. The molecule has 1 aliphatic carbocycles. The van der Waals surface area contributed by atoms with Crippen molar-refractivity contribution in [1.29, 1.82) is 0 Å². The Morgan fingerprint density at radius 2 is 2.17 bits per heavy atom. The van der Waals surface area contributed by atoms with Crippen LogP contribution in [-0.2, 0) is 23.1 Å². The maximum atomic E-state index is 5.12. The molecule has 0 saturated carbocycles. The zero-order valence-electron chi connectivity index (χ0n) is 11.7. The number of hydrogen-bond donors (Lipinski definition) is 1. The minimum absolute atomic E-state index is 0.000532. The van der Waals surface area contributed by atoms with Crippen LogP contribution in [0, 0.1) is 0 Å². The van der Waals surface area contributed by atoms with E-state index in [2.05, 4.69) is 19.2 Å². The Bertz CT molecular complexity index is 368. The Labute approximate surface area is 114 Å². The zero-order chi connectivity index (χ0) is 13.0. The lowest BCUT2D eigenvalue weighted by atomic mass is 9.99. The number of aryl methyl sites for hydroxylation is 2. The van der Waals surface area contributed by atoms with Crippen LogP contribution in [0.5, 0.6) is 0 Å². The maximum absolute atomic E-state index is 5.12. The topological polar surface area (TPSA) is 34.1 Å². The summed E-state index contributed by atoms with van der Waals surface area (Å²) >= 11 is 1.91. The average molecular weight is 268 g/mol. The van der Waals surface area contributed by atoms with E-state index in [-0.39, 0.29) is 5.54 Å². The van der Waals surface area contributed by atoms with Crippen molar-refractivity contribution in [1.82, 2.24) is 10.3 Å². The number of methoxy groups -OCH3 is 1. The second-order valence-electron chi connectivity index (χ2n) is 5.20. The highest BCUT2D eigenvalue weighted by Crippen LogP contribution is 2.34. The third-order valence-electron chi connectivity index (χ3n) is 3.85. The SMILES string of the molecule is CCC(C)(NCCOC)c1nc2c(s1)CCCC2. The van der Waals surface area contributed by atoms with Gasteiger partial charge in [0.15, 0.2) is 0 Å². The smallest absolute Gasteiger partial charge is 0.113 e. The van der Waals surface area contributed by atoms with Gasteiger partial charge in [-0.2, -0.15) is 0 Å². The quantitative estimate of drug-likeness (QED) is 0.806. The van der Waals surface area contributed by atoms with Crippen LogP contribution in [0.1, 0.15) is 48.7 Å². The predicted molar refractivity (Wildman–Crippen MR) is 76.3 cm³/mol. The summed E-state index contributed by atoms with van der Waals surface area (Å²) in [5.41, 5.74) is 1.36. The third kappa shape index (κ3) is 2.92. The molecule has 1 aliphatic rings. The van der Waals surface area contributed by atoms with Crippen molar-refractivity contribution in [2.24, 2.45) is 0 Å². The van der Waals surface area contributed by atoms with Gasteiger partial charge >= 0.3 is 0 Å². The average Bonchev–Trinajstić information content (AvgIpc) is 2.83. The first-order valence-corrected chi connectivity index (χ1v) is 7.74. The van der Waals surface area contributed by atoms with E-state index < -0.39 is 0 Å². The number of aromatic nitrogens is 1. The number of nitrogens with one attached hydrogen (secondary N) is 1. The van der Waals surface area contributed by atoms with E-state index in [1.54, 1.807) is 7.11 Å². The number of nitrogens with zero attached hydrogens (tertiary/aromatic N) is 1. The highest BCUT2D eigenvalue weighted by atomic mass is 32.1. The molecule has 0 aromatic carbocycles. The molecule has 1 atom stereocenters. The molecule has 0 saturated heterocycles. The summed E-state index contributed by atoms with van der Waals surface area (Å²) in [7, 11) is 1.74. The van der Waals surface area contributed by atoms with Crippen molar-refractivity contribution in [2.75, 3.05) is 20.3 Å². The third-order valence-corrected chi connectivity index (χ3v) is 5.27. The van der Waals surface area contributed by atoms with Crippen LogP contribution >= 0.6 is 11.3 Å². The summed E-state index contributed by atoms with van der Waals surface area (Å²) in [6, 6.07) is 0. The molecule has 1 unspecified atom stereocenters. The van der Waals surface area contributed by atoms with E-state index in [1.807, 2.05) is 11.3 Å². The van der Waals surface area contributed by atoms with E-state index in [0.29, 0.717) is 0 Å². The summed E-state index contributed by atoms with van der Waals surface area (Å²) in [5, 5.41) is 4.85. The molecule has 0 radical (unpaired) electrons. The van der Waals surface area contributed by atoms with Gasteiger partial charge in [0.25, 0.3) is 0 Å². The van der Waals surface area contributed by atoms with Gasteiger partial charge in [-0.15, -0.1) is 11.3 Å². The fourth-order valence-corrected chi connectivity index (χ4v) is 3.71. The van der Waals surface area contributed by atoms with Gasteiger partial charge in [0.1, 0.15) is 5.01 Å². The molecule has 3 nitrogen and oxygen atoms in total. The van der Waals surface area contributed by atoms with Gasteiger partial charge in [0.2, 0.25) is 0 Å². The standard InChI is InChI=1S/C14H24N2OS/c1-4-14(2,15-9-10-17-3)13-16-11-7-5-6-8-12(11)18-13/h15H,4-10H2,1-3H3. The lowest BCUT2D eigenvalue weighted by Crippen LogP contribution is -2.40. The van der Waals surface area contributed by atoms with Crippen LogP contribution in [0.3, 0.4) is 0 Å². The van der Waals surface area contributed by atoms with Gasteiger partial charge in [-0.3, -0.25) is 0 Å². The molecule has 1 N–H and O–H groups in total. The van der Waals surface area contributed by atoms with E-state index in [0.717, 1.165) is 19.6 Å². The molecule has 0 spiro atoms. The number of fused-ring (bicyclic) bond motifs is 1. The summed E-state index contributed by atoms with van der Waals surface area (Å²) < 4.78 is 5.12. The van der Waals surface area contributed by atoms with Crippen molar-refractivity contribution in [3.8, 4) is 0 Å². The Hall–Kier alpha value is -0.450. The molecule has 1 aromatic rings. The molecule has 0 amide bonds. The van der Waals surface area contributed by atoms with Crippen LogP contribution < -0.4 is 5.32 Å². The highest BCUT2D eigenvalue weighted by Gasteiger charge is 2.29. The molecule has 0 bridgehead atoms. The monoisotopic (exact) mass is 268 g/mol. The summed E-state index contributed by atoms with van der Waals surface area (Å²) in [6.45, 7) is 6.11. The van der Waals surface area contributed by atoms with Crippen LogP contribution in [0.15, 0.2) is 0 Å². The molecule has 1 aromatic heterocycles. The van der Waals surface area contributed by atoms with Crippen LogP contribution in [-0.4, -0.2) is 25.2 Å². The molecule has 4 heteroatoms. The highest BCUT2D eigenvalue weighted by molar-refractivity contribution is 7.11. The van der Waals surface area contributed by atoms with E-state index >= 15 is 0 Å². The molecular weight excluding hydrogens is 244 g/mol. The molecule has 102 valence electrons. The van der Waals surface area contributed by atoms with Crippen molar-refractivity contribution in [3.63, 3.8) is 0 Å². The van der Waals surface area contributed by atoms with E-state index in [4.69, 9.17) is 9.72 Å². The van der Waals surface area contributed by atoms with Gasteiger partial charge in [-0.25, -0.2) is 4.98 Å². The fraction of sp³-hybridized carbons (Fsp3) is 0.786. The first-order chi connectivity index (χ1) is 8.69. The lowest BCUT2D eigenvalue weighted by molar-refractivity contribution is 0.185. The first kappa shape index (κ1) is 14.0. The minimum Gasteiger partial charge on any atom is -0.383 e. The van der Waals surface area contributed by atoms with Crippen LogP contribution in [0.25, 0.3) is 0 Å². The normalized spacial score (nSPS) is 18.4. The predicted octanol–water partition coefficient (Wildman–Crippen LogP) is 2.88. The van der Waals surface area contributed by atoms with Crippen LogP contribution in [0.4, 0.5) is 0 Å². The molecule has 2 rings (SSSR count). The summed E-state index contributed by atoms with van der Waals surface area (Å²) in [6.07, 6.45) is 6.09. The second kappa shape index (κ2) is 6.13. The van der Waals surface area contributed by atoms with E-state index in [1.165, 1.54) is 41.3 Å². The number of hydrogen-bond acceptors (Lipinski definition) is 4. The Morgan fingerprint density at radius 1 is 1.39 bits per heavy atom. The molecule has 0 fully saturated rings. The maximum Gasteiger partial charge on any atom is 0.113 e.